The predicted molar refractivity (Wildman–Crippen MR) is 56.0 cm³/mol. The molecule has 1 radical (unpaired) electrons. The number of hydrogen-bond acceptors (Lipinski definition) is 2. The minimum atomic E-state index is 0.0247. The van der Waals surface area contributed by atoms with Crippen molar-refractivity contribution < 1.29 is 4.74 Å². The monoisotopic (exact) mass is 186 g/mol. The van der Waals surface area contributed by atoms with Crippen molar-refractivity contribution in [2.24, 2.45) is 0 Å². The summed E-state index contributed by atoms with van der Waals surface area (Å²) in [6.45, 7) is 7.57. The molecule has 0 N–H and O–H groups in total. The summed E-state index contributed by atoms with van der Waals surface area (Å²) < 4.78 is 5.09. The lowest BCUT2D eigenvalue weighted by Gasteiger charge is -2.09. The van der Waals surface area contributed by atoms with Crippen LogP contribution in [0.15, 0.2) is 30.9 Å². The third-order valence-corrected chi connectivity index (χ3v) is 2.06. The first-order valence-corrected chi connectivity index (χ1v) is 4.26. The number of nitriles is 1. The van der Waals surface area contributed by atoms with Crippen LogP contribution in [0, 0.1) is 18.3 Å². The van der Waals surface area contributed by atoms with Gasteiger partial charge < -0.3 is 4.74 Å². The molecule has 0 aliphatic heterocycles. The second-order valence-electron chi connectivity index (χ2n) is 2.91. The second kappa shape index (κ2) is 4.48. The van der Waals surface area contributed by atoms with Gasteiger partial charge in [-0.3, -0.25) is 0 Å². The van der Waals surface area contributed by atoms with Gasteiger partial charge in [0.15, 0.2) is 0 Å². The highest BCUT2D eigenvalue weighted by Crippen LogP contribution is 2.24. The maximum Gasteiger partial charge on any atom is 0.136 e. The number of allylic oxidation sites excluding steroid dienone is 1. The first-order chi connectivity index (χ1) is 6.72. The van der Waals surface area contributed by atoms with Crippen molar-refractivity contribution >= 4 is 0 Å². The van der Waals surface area contributed by atoms with Gasteiger partial charge in [0.2, 0.25) is 0 Å². The van der Waals surface area contributed by atoms with Crippen LogP contribution in [0.3, 0.4) is 0 Å². The summed E-state index contributed by atoms with van der Waals surface area (Å²) in [6, 6.07) is 7.47. The first kappa shape index (κ1) is 10.3. The van der Waals surface area contributed by atoms with Gasteiger partial charge in [0.25, 0.3) is 0 Å². The quantitative estimate of drug-likeness (QED) is 0.680. The van der Waals surface area contributed by atoms with Gasteiger partial charge >= 0.3 is 0 Å². The minimum absolute atomic E-state index is 0.0247. The van der Waals surface area contributed by atoms with E-state index in [4.69, 9.17) is 10.00 Å². The van der Waals surface area contributed by atoms with Gasteiger partial charge in [-0.1, -0.05) is 12.1 Å². The van der Waals surface area contributed by atoms with E-state index in [1.807, 2.05) is 12.1 Å². The van der Waals surface area contributed by atoms with Crippen molar-refractivity contribution in [2.45, 2.75) is 5.92 Å². The number of nitrogens with zero attached hydrogens (tertiary/aromatic N) is 1. The van der Waals surface area contributed by atoms with Crippen molar-refractivity contribution in [1.82, 2.24) is 0 Å². The van der Waals surface area contributed by atoms with E-state index in [0.717, 1.165) is 5.56 Å². The molecule has 1 rings (SSSR count). The summed E-state index contributed by atoms with van der Waals surface area (Å²) in [5.41, 5.74) is 1.53. The molecule has 0 aliphatic rings. The molecule has 0 spiro atoms. The summed E-state index contributed by atoms with van der Waals surface area (Å²) in [5, 5.41) is 8.77. The number of benzene rings is 1. The molecule has 1 aromatic rings. The number of methoxy groups -OCH3 is 1. The summed E-state index contributed by atoms with van der Waals surface area (Å²) in [4.78, 5) is 0. The lowest BCUT2D eigenvalue weighted by Crippen LogP contribution is -1.93. The maximum absolute atomic E-state index is 8.77. The van der Waals surface area contributed by atoms with Crippen LogP contribution in [0.25, 0.3) is 0 Å². The molecule has 0 bridgehead atoms. The predicted octanol–water partition coefficient (Wildman–Crippen LogP) is 2.67. The fourth-order valence-corrected chi connectivity index (χ4v) is 1.17. The van der Waals surface area contributed by atoms with Gasteiger partial charge in [0.1, 0.15) is 11.8 Å². The summed E-state index contributed by atoms with van der Waals surface area (Å²) in [7, 11) is 1.55. The highest BCUT2D eigenvalue weighted by molar-refractivity contribution is 5.46. The maximum atomic E-state index is 8.77. The van der Waals surface area contributed by atoms with Crippen molar-refractivity contribution in [1.29, 1.82) is 5.26 Å². The van der Waals surface area contributed by atoms with Crippen molar-refractivity contribution in [3.05, 3.63) is 48.9 Å². The third-order valence-electron chi connectivity index (χ3n) is 2.06. The van der Waals surface area contributed by atoms with Crippen molar-refractivity contribution in [3.63, 3.8) is 0 Å². The molecule has 0 saturated heterocycles. The zero-order chi connectivity index (χ0) is 10.6. The summed E-state index contributed by atoms with van der Waals surface area (Å²) in [5.74, 6) is 0.608. The van der Waals surface area contributed by atoms with E-state index in [9.17, 15) is 0 Å². The minimum Gasteiger partial charge on any atom is -0.495 e. The molecule has 1 aromatic carbocycles. The van der Waals surface area contributed by atoms with E-state index in [1.165, 1.54) is 0 Å². The van der Waals surface area contributed by atoms with Crippen LogP contribution in [0.1, 0.15) is 17.0 Å². The smallest absolute Gasteiger partial charge is 0.136 e. The summed E-state index contributed by atoms with van der Waals surface area (Å²) >= 11 is 0. The molecule has 0 amide bonds. The van der Waals surface area contributed by atoms with Gasteiger partial charge in [0.05, 0.1) is 12.7 Å². The highest BCUT2D eigenvalue weighted by Gasteiger charge is 2.06. The molecule has 1 atom stereocenters. The van der Waals surface area contributed by atoms with E-state index < -0.39 is 0 Å². The van der Waals surface area contributed by atoms with Crippen LogP contribution in [-0.2, 0) is 0 Å². The van der Waals surface area contributed by atoms with Crippen LogP contribution in [0.5, 0.6) is 5.75 Å². The van der Waals surface area contributed by atoms with E-state index >= 15 is 0 Å². The molecule has 2 heteroatoms. The van der Waals surface area contributed by atoms with Crippen LogP contribution in [0.4, 0.5) is 0 Å². The lowest BCUT2D eigenvalue weighted by atomic mass is 9.99. The molecule has 71 valence electrons. The van der Waals surface area contributed by atoms with Crippen molar-refractivity contribution in [3.8, 4) is 11.8 Å². The molecule has 0 heterocycles. The van der Waals surface area contributed by atoms with Gasteiger partial charge in [-0.25, -0.2) is 0 Å². The Morgan fingerprint density at radius 1 is 1.57 bits per heavy atom. The number of hydrogen-bond donors (Lipinski definition) is 0. The van der Waals surface area contributed by atoms with Crippen LogP contribution < -0.4 is 4.74 Å². The average Bonchev–Trinajstić information content (AvgIpc) is 2.26. The van der Waals surface area contributed by atoms with Crippen molar-refractivity contribution in [2.75, 3.05) is 7.11 Å². The second-order valence-corrected chi connectivity index (χ2v) is 2.91. The Hall–Kier alpha value is -1.75. The Kier molecular flexibility index (Phi) is 3.30. The standard InChI is InChI=1S/C12H12NO/c1-4-9(2)10-5-6-11(8-13)12(7-10)14-3/h4-7,9H,1-2H2,3H3. The largest absolute Gasteiger partial charge is 0.495 e. The molecule has 0 fully saturated rings. The highest BCUT2D eigenvalue weighted by atomic mass is 16.5. The molecule has 0 aliphatic carbocycles. The zero-order valence-corrected chi connectivity index (χ0v) is 8.16. The van der Waals surface area contributed by atoms with Crippen LogP contribution >= 0.6 is 0 Å². The van der Waals surface area contributed by atoms with Gasteiger partial charge in [0, 0.05) is 5.92 Å². The Labute approximate surface area is 84.4 Å². The Bertz CT molecular complexity index is 376. The molecule has 1 unspecified atom stereocenters. The van der Waals surface area contributed by atoms with E-state index in [1.54, 1.807) is 19.3 Å². The van der Waals surface area contributed by atoms with Gasteiger partial charge in [-0.05, 0) is 24.6 Å². The van der Waals surface area contributed by atoms with Gasteiger partial charge in [-0.15, -0.1) is 6.58 Å². The van der Waals surface area contributed by atoms with Crippen LogP contribution in [0.2, 0.25) is 0 Å². The van der Waals surface area contributed by atoms with Gasteiger partial charge in [-0.2, -0.15) is 5.26 Å². The fourth-order valence-electron chi connectivity index (χ4n) is 1.17. The molecular weight excluding hydrogens is 174 g/mol. The number of rotatable bonds is 3. The molecule has 2 nitrogen and oxygen atoms in total. The van der Waals surface area contributed by atoms with E-state index in [2.05, 4.69) is 19.6 Å². The Balaban J connectivity index is 3.15. The van der Waals surface area contributed by atoms with E-state index in [0.29, 0.717) is 11.3 Å². The molecule has 14 heavy (non-hydrogen) atoms. The molecule has 0 saturated carbocycles. The summed E-state index contributed by atoms with van der Waals surface area (Å²) in [6.07, 6.45) is 1.75. The molecule has 0 aromatic heterocycles. The average molecular weight is 186 g/mol. The Morgan fingerprint density at radius 3 is 2.79 bits per heavy atom. The first-order valence-electron chi connectivity index (χ1n) is 4.26. The van der Waals surface area contributed by atoms with E-state index in [-0.39, 0.29) is 5.92 Å². The normalized spacial score (nSPS) is 11.5. The number of ether oxygens (including phenoxy) is 1. The topological polar surface area (TPSA) is 33.0 Å². The SMILES string of the molecule is [CH2]C(C=C)c1ccc(C#N)c(OC)c1. The third kappa shape index (κ3) is 1.94. The van der Waals surface area contributed by atoms with Crippen LogP contribution in [-0.4, -0.2) is 7.11 Å². The molecular formula is C12H12NO. The fraction of sp³-hybridized carbons (Fsp3) is 0.167. The lowest BCUT2D eigenvalue weighted by molar-refractivity contribution is 0.413. The zero-order valence-electron chi connectivity index (χ0n) is 8.16. The Morgan fingerprint density at radius 2 is 2.29 bits per heavy atom.